The van der Waals surface area contributed by atoms with Crippen LogP contribution in [0.15, 0.2) is 59.4 Å². The second-order valence-corrected chi connectivity index (χ2v) is 6.27. The van der Waals surface area contributed by atoms with Gasteiger partial charge in [0.1, 0.15) is 5.56 Å². The van der Waals surface area contributed by atoms with Crippen LogP contribution >= 0.6 is 11.6 Å². The number of benzene rings is 2. The summed E-state index contributed by atoms with van der Waals surface area (Å²) in [5.74, 6) is -0.511. The van der Waals surface area contributed by atoms with Crippen molar-refractivity contribution in [3.8, 4) is 11.6 Å². The van der Waals surface area contributed by atoms with E-state index < -0.39 is 5.56 Å². The van der Waals surface area contributed by atoms with Gasteiger partial charge in [0.25, 0.3) is 5.56 Å². The van der Waals surface area contributed by atoms with Gasteiger partial charge in [-0.2, -0.15) is 0 Å². The number of H-pyrrole nitrogens is 1. The first kappa shape index (κ1) is 16.2. The molecule has 26 heavy (non-hydrogen) atoms. The summed E-state index contributed by atoms with van der Waals surface area (Å²) in [5.41, 5.74) is 1.96. The fourth-order valence-electron chi connectivity index (χ4n) is 2.94. The average molecular weight is 365 g/mol. The molecule has 0 amide bonds. The van der Waals surface area contributed by atoms with Crippen molar-refractivity contribution in [2.45, 2.75) is 0 Å². The van der Waals surface area contributed by atoms with Crippen molar-refractivity contribution in [3.63, 3.8) is 0 Å². The molecule has 1 aliphatic rings. The van der Waals surface area contributed by atoms with Crippen molar-refractivity contribution in [1.29, 1.82) is 0 Å². The summed E-state index contributed by atoms with van der Waals surface area (Å²) in [5, 5.41) is 13.6. The number of nitrogens with zero attached hydrogens (tertiary/aromatic N) is 1. The lowest BCUT2D eigenvalue weighted by Crippen LogP contribution is -2.08. The summed E-state index contributed by atoms with van der Waals surface area (Å²) in [4.78, 5) is 24.7. The van der Waals surface area contributed by atoms with E-state index in [-0.39, 0.29) is 17.2 Å². The van der Waals surface area contributed by atoms with Gasteiger partial charge in [-0.05, 0) is 41.5 Å². The number of carbonyl (C=O) groups is 1. The molecule has 6 heteroatoms. The van der Waals surface area contributed by atoms with Gasteiger partial charge in [0.05, 0.1) is 5.69 Å². The van der Waals surface area contributed by atoms with Gasteiger partial charge in [-0.25, -0.2) is 4.68 Å². The smallest absolute Gasteiger partial charge is 0.275 e. The molecule has 0 bridgehead atoms. The molecule has 0 spiro atoms. The van der Waals surface area contributed by atoms with Crippen LogP contribution in [0, 0.1) is 0 Å². The minimum absolute atomic E-state index is 0.0124. The van der Waals surface area contributed by atoms with Crippen LogP contribution in [0.1, 0.15) is 16.7 Å². The molecule has 2 aromatic carbocycles. The van der Waals surface area contributed by atoms with E-state index in [1.165, 1.54) is 16.8 Å². The fourth-order valence-corrected chi connectivity index (χ4v) is 3.12. The highest BCUT2D eigenvalue weighted by Crippen LogP contribution is 2.30. The van der Waals surface area contributed by atoms with E-state index in [9.17, 15) is 14.7 Å². The van der Waals surface area contributed by atoms with Crippen molar-refractivity contribution in [1.82, 2.24) is 9.78 Å². The number of rotatable bonds is 2. The van der Waals surface area contributed by atoms with Gasteiger partial charge in [-0.1, -0.05) is 48.0 Å². The summed E-state index contributed by atoms with van der Waals surface area (Å²) in [6.45, 7) is 0. The maximum atomic E-state index is 12.4. The first-order valence-electron chi connectivity index (χ1n) is 7.88. The van der Waals surface area contributed by atoms with Crippen LogP contribution < -0.4 is 5.56 Å². The number of allylic oxidation sites excluding steroid dienone is 2. The van der Waals surface area contributed by atoms with Crippen LogP contribution in [0.2, 0.25) is 5.02 Å². The van der Waals surface area contributed by atoms with E-state index in [2.05, 4.69) is 5.10 Å². The van der Waals surface area contributed by atoms with E-state index in [1.54, 1.807) is 30.3 Å². The molecule has 0 atom stereocenters. The van der Waals surface area contributed by atoms with E-state index in [0.29, 0.717) is 21.8 Å². The normalized spacial score (nSPS) is 14.7. The van der Waals surface area contributed by atoms with E-state index in [0.717, 1.165) is 5.56 Å². The Labute approximate surface area is 153 Å². The van der Waals surface area contributed by atoms with Gasteiger partial charge in [0.15, 0.2) is 5.78 Å². The van der Waals surface area contributed by atoms with Gasteiger partial charge < -0.3 is 5.11 Å². The summed E-state index contributed by atoms with van der Waals surface area (Å²) in [7, 11) is 0. The molecular weight excluding hydrogens is 352 g/mol. The molecule has 0 fully saturated rings. The van der Waals surface area contributed by atoms with Crippen molar-refractivity contribution in [3.05, 3.63) is 86.7 Å². The lowest BCUT2D eigenvalue weighted by Gasteiger charge is -2.12. The van der Waals surface area contributed by atoms with Crippen LogP contribution in [0.3, 0.4) is 0 Å². The van der Waals surface area contributed by atoms with Gasteiger partial charge in [-0.3, -0.25) is 14.7 Å². The second-order valence-electron chi connectivity index (χ2n) is 5.84. The number of aromatic nitrogens is 2. The minimum Gasteiger partial charge on any atom is -0.493 e. The zero-order valence-electron chi connectivity index (χ0n) is 13.4. The van der Waals surface area contributed by atoms with Crippen molar-refractivity contribution in [2.24, 2.45) is 0 Å². The molecule has 1 aromatic heterocycles. The number of nitrogens with one attached hydrogen (secondary N) is 1. The Morgan fingerprint density at radius 1 is 1.04 bits per heavy atom. The van der Waals surface area contributed by atoms with Crippen molar-refractivity contribution in [2.75, 3.05) is 0 Å². The van der Waals surface area contributed by atoms with Gasteiger partial charge >= 0.3 is 0 Å². The van der Waals surface area contributed by atoms with Crippen molar-refractivity contribution < 1.29 is 9.90 Å². The maximum absolute atomic E-state index is 12.4. The number of hydrogen-bond donors (Lipinski definition) is 2. The minimum atomic E-state index is -0.505. The van der Waals surface area contributed by atoms with Crippen molar-refractivity contribution >= 4 is 35.1 Å². The van der Waals surface area contributed by atoms with E-state index in [4.69, 9.17) is 11.6 Å². The largest absolute Gasteiger partial charge is 0.493 e. The predicted octanol–water partition coefficient (Wildman–Crippen LogP) is 3.66. The monoisotopic (exact) mass is 364 g/mol. The Morgan fingerprint density at radius 2 is 1.85 bits per heavy atom. The van der Waals surface area contributed by atoms with Crippen LogP contribution in [0.5, 0.6) is 5.88 Å². The average Bonchev–Trinajstić information content (AvgIpc) is 2.92. The van der Waals surface area contributed by atoms with Crippen LogP contribution in [0.4, 0.5) is 0 Å². The predicted molar refractivity (Wildman–Crippen MR) is 101 cm³/mol. The molecule has 4 rings (SSSR count). The summed E-state index contributed by atoms with van der Waals surface area (Å²) < 4.78 is 1.23. The van der Waals surface area contributed by atoms with E-state index in [1.807, 2.05) is 24.3 Å². The summed E-state index contributed by atoms with van der Waals surface area (Å²) in [6, 6.07) is 14.1. The maximum Gasteiger partial charge on any atom is 0.275 e. The fraction of sp³-hybridized carbons (Fsp3) is 0. The van der Waals surface area contributed by atoms with Gasteiger partial charge in [0, 0.05) is 10.6 Å². The van der Waals surface area contributed by atoms with E-state index >= 15 is 0 Å². The highest BCUT2D eigenvalue weighted by atomic mass is 35.5. The number of fused-ring (bicyclic) bond motifs is 1. The highest BCUT2D eigenvalue weighted by molar-refractivity contribution is 6.33. The Balaban J connectivity index is 1.88. The molecule has 128 valence electrons. The quantitative estimate of drug-likeness (QED) is 0.681. The first-order chi connectivity index (χ1) is 12.5. The highest BCUT2D eigenvalue weighted by Gasteiger charge is 2.20. The molecule has 3 aromatic rings. The molecule has 0 saturated carbocycles. The number of halogens is 1. The number of hydrogen-bond acceptors (Lipinski definition) is 3. The Morgan fingerprint density at radius 3 is 2.65 bits per heavy atom. The van der Waals surface area contributed by atoms with Gasteiger partial charge in [-0.15, -0.1) is 0 Å². The number of carbonyl (C=O) groups excluding carboxylic acids is 1. The topological polar surface area (TPSA) is 75.1 Å². The summed E-state index contributed by atoms with van der Waals surface area (Å²) >= 11 is 5.97. The molecule has 0 radical (unpaired) electrons. The lowest BCUT2D eigenvalue weighted by molar-refractivity contribution is -0.109. The Kier molecular flexibility index (Phi) is 3.86. The number of aromatic amines is 1. The number of aromatic hydroxyl groups is 1. The second kappa shape index (κ2) is 6.20. The first-order valence-corrected chi connectivity index (χ1v) is 8.26. The zero-order chi connectivity index (χ0) is 18.3. The third kappa shape index (κ3) is 2.68. The zero-order valence-corrected chi connectivity index (χ0v) is 14.2. The third-order valence-electron chi connectivity index (χ3n) is 4.20. The van der Waals surface area contributed by atoms with Gasteiger partial charge in [0.2, 0.25) is 5.88 Å². The molecule has 0 aliphatic heterocycles. The molecule has 0 unspecified atom stereocenters. The third-order valence-corrected chi connectivity index (χ3v) is 4.43. The number of ketones is 1. The molecule has 2 N–H and O–H groups in total. The Hall–Kier alpha value is -3.31. The van der Waals surface area contributed by atoms with Crippen LogP contribution in [-0.2, 0) is 4.79 Å². The lowest BCUT2D eigenvalue weighted by atomic mass is 9.90. The Bertz CT molecular complexity index is 1150. The SMILES string of the molecule is O=C1C=Cc2ccccc2/C1=C/c1c(O)n(-c2cccc(Cl)c2)[nH]c1=O. The standard InChI is InChI=1S/C20H13ClN2O3/c21-13-5-3-6-14(10-13)23-20(26)17(19(25)22-23)11-16-15-7-2-1-4-12(15)8-9-18(16)24/h1-11,26H,(H,22,25)/b16-11-. The molecule has 1 heterocycles. The van der Waals surface area contributed by atoms with Crippen LogP contribution in [0.25, 0.3) is 23.4 Å². The molecule has 1 aliphatic carbocycles. The molecular formula is C20H13ClN2O3. The molecule has 5 nitrogen and oxygen atoms in total. The summed E-state index contributed by atoms with van der Waals surface area (Å²) in [6.07, 6.45) is 4.60. The molecule has 0 saturated heterocycles. The van der Waals surface area contributed by atoms with Crippen LogP contribution in [-0.4, -0.2) is 20.7 Å².